The van der Waals surface area contributed by atoms with Crippen molar-refractivity contribution in [1.29, 1.82) is 0 Å². The molecule has 7 N–H and O–H groups in total. The van der Waals surface area contributed by atoms with Crippen LogP contribution in [0.3, 0.4) is 0 Å². The number of nitrogens with zero attached hydrogens (tertiary/aromatic N) is 2. The first-order chi connectivity index (χ1) is 32.8. The minimum Gasteiger partial charge on any atom is -0.458 e. The molecule has 23 heteroatoms. The zero-order valence-corrected chi connectivity index (χ0v) is 43.1. The lowest BCUT2D eigenvalue weighted by Crippen LogP contribution is -2.61. The zero-order chi connectivity index (χ0) is 52.2. The van der Waals surface area contributed by atoms with Crippen LogP contribution >= 0.6 is 0 Å². The number of likely N-dealkylation sites (N-methyl/N-ethyl adjacent to an activating group) is 2. The SMILES string of the molecule is CC[C@H]1OC(=O)[C@H](C)[C@H](OC2C[C@@](C)(OC)[C@@H](OC(=O)NCCOC3O[C@@H](CO)[C@@H](O)[C@@H](O)[C@@H]3O)[C@H](C)O2)[C@@H](C)[C@@H](O[C@@H]2O[C@H](C)C[C@H](N(C)C)[C@H]2O)[C@](C)(O)C[C@@H](C)CN(C)[C@H](C)[C@H]2OC(=O)O[C@@H]21. The van der Waals surface area contributed by atoms with E-state index >= 15 is 0 Å². The van der Waals surface area contributed by atoms with Crippen molar-refractivity contribution < 1.29 is 97.1 Å². The number of rotatable bonds is 13. The fourth-order valence-electron chi connectivity index (χ4n) is 10.8. The molecule has 0 spiro atoms. The molecule has 406 valence electrons. The Labute approximate surface area is 411 Å². The molecule has 5 heterocycles. The second kappa shape index (κ2) is 24.6. The lowest BCUT2D eigenvalue weighted by molar-refractivity contribution is -0.317. The van der Waals surface area contributed by atoms with E-state index in [1.807, 2.05) is 58.6 Å². The average molecular weight is 1010 g/mol. The standard InChI is InChI=1S/C47H83N3O20/c1-14-29-38-37(67-45(58)68-38)26(6)50(12)20-22(2)18-46(8,59)39(69-43-32(52)28(49(10)11)17-23(3)62-43)24(4)36(25(5)41(56)64-29)66-31-19-47(9,60-13)40(27(7)63-31)70-44(57)48-15-16-61-42-35(55)34(54)33(53)30(21-51)65-42/h22-40,42-43,51-55,59H,14-21H2,1-13H3,(H,48,57)/t22-,23-,24-,25-,26-,27+,28+,29-,30+,31?,32-,33-,34-,35+,36-,37-,38-,39-,40+,42?,43+,46-,47-/m1/s1. The van der Waals surface area contributed by atoms with E-state index in [-0.39, 0.29) is 56.5 Å². The number of hydrogen-bond donors (Lipinski definition) is 7. The van der Waals surface area contributed by atoms with Gasteiger partial charge in [-0.25, -0.2) is 9.59 Å². The molecule has 5 rings (SSSR count). The van der Waals surface area contributed by atoms with Crippen molar-refractivity contribution in [1.82, 2.24) is 15.1 Å². The van der Waals surface area contributed by atoms with Gasteiger partial charge < -0.3 is 93.0 Å². The molecule has 0 radical (unpaired) electrons. The lowest BCUT2D eigenvalue weighted by atomic mass is 9.77. The third kappa shape index (κ3) is 13.6. The number of amides is 1. The van der Waals surface area contributed by atoms with Gasteiger partial charge in [0.25, 0.3) is 0 Å². The summed E-state index contributed by atoms with van der Waals surface area (Å²) >= 11 is 0. The molecule has 5 aliphatic heterocycles. The molecule has 5 fully saturated rings. The highest BCUT2D eigenvalue weighted by Gasteiger charge is 2.54. The van der Waals surface area contributed by atoms with E-state index in [9.17, 15) is 45.0 Å². The summed E-state index contributed by atoms with van der Waals surface area (Å²) in [7, 11) is 7.05. The van der Waals surface area contributed by atoms with Gasteiger partial charge in [0, 0.05) is 44.6 Å². The fourth-order valence-corrected chi connectivity index (χ4v) is 10.8. The summed E-state index contributed by atoms with van der Waals surface area (Å²) < 4.78 is 66.7. The fraction of sp³-hybridized carbons (Fsp3) is 0.936. The van der Waals surface area contributed by atoms with Crippen molar-refractivity contribution >= 4 is 18.2 Å². The molecule has 0 bridgehead atoms. The Morgan fingerprint density at radius 1 is 0.857 bits per heavy atom. The Kier molecular flexibility index (Phi) is 20.5. The molecule has 1 amide bonds. The highest BCUT2D eigenvalue weighted by Crippen LogP contribution is 2.41. The van der Waals surface area contributed by atoms with Gasteiger partial charge in [-0.3, -0.25) is 9.69 Å². The molecular formula is C47H83N3O20. The molecule has 0 aromatic rings. The summed E-state index contributed by atoms with van der Waals surface area (Å²) in [5.74, 6) is -2.82. The van der Waals surface area contributed by atoms with Crippen LogP contribution in [0.15, 0.2) is 0 Å². The molecule has 5 saturated heterocycles. The van der Waals surface area contributed by atoms with Crippen molar-refractivity contribution in [3.63, 3.8) is 0 Å². The van der Waals surface area contributed by atoms with Gasteiger partial charge in [-0.05, 0) is 87.9 Å². The summed E-state index contributed by atoms with van der Waals surface area (Å²) in [6, 6.07) is -0.714. The van der Waals surface area contributed by atoms with Gasteiger partial charge >= 0.3 is 18.2 Å². The van der Waals surface area contributed by atoms with Gasteiger partial charge in [-0.15, -0.1) is 0 Å². The number of aliphatic hydroxyl groups excluding tert-OH is 5. The van der Waals surface area contributed by atoms with E-state index in [2.05, 4.69) is 5.32 Å². The number of alkyl carbamates (subject to hydrolysis) is 1. The van der Waals surface area contributed by atoms with Crippen molar-refractivity contribution in [3.05, 3.63) is 0 Å². The normalized spacial score (nSPS) is 45.9. The number of esters is 1. The maximum Gasteiger partial charge on any atom is 0.509 e. The molecule has 23 atom stereocenters. The highest BCUT2D eigenvalue weighted by molar-refractivity contribution is 5.73. The summed E-state index contributed by atoms with van der Waals surface area (Å²) in [5, 5.41) is 66.9. The monoisotopic (exact) mass is 1010 g/mol. The van der Waals surface area contributed by atoms with Crippen LogP contribution in [0.25, 0.3) is 0 Å². The second-order valence-corrected chi connectivity index (χ2v) is 20.8. The van der Waals surface area contributed by atoms with Crippen LogP contribution in [-0.4, -0.2) is 235 Å². The molecule has 5 aliphatic rings. The predicted octanol–water partition coefficient (Wildman–Crippen LogP) is 0.243. The maximum atomic E-state index is 14.6. The number of nitrogens with one attached hydrogen (secondary N) is 1. The zero-order valence-electron chi connectivity index (χ0n) is 43.1. The minimum absolute atomic E-state index is 0.0265. The average Bonchev–Trinajstić information content (AvgIpc) is 3.69. The van der Waals surface area contributed by atoms with E-state index < -0.39 is 140 Å². The number of hydrogen-bond acceptors (Lipinski definition) is 22. The molecule has 70 heavy (non-hydrogen) atoms. The first-order valence-electron chi connectivity index (χ1n) is 24.7. The van der Waals surface area contributed by atoms with Gasteiger partial charge in [0.2, 0.25) is 0 Å². The van der Waals surface area contributed by atoms with Crippen LogP contribution < -0.4 is 5.32 Å². The quantitative estimate of drug-likeness (QED) is 0.0739. The Balaban J connectivity index is 1.41. The van der Waals surface area contributed by atoms with Crippen molar-refractivity contribution in [3.8, 4) is 0 Å². The van der Waals surface area contributed by atoms with Gasteiger partial charge in [0.15, 0.2) is 37.2 Å². The number of ether oxygens (including phenoxy) is 11. The van der Waals surface area contributed by atoms with Gasteiger partial charge in [-0.2, -0.15) is 0 Å². The summed E-state index contributed by atoms with van der Waals surface area (Å²) in [5.41, 5.74) is -2.89. The van der Waals surface area contributed by atoms with Gasteiger partial charge in [-0.1, -0.05) is 20.8 Å². The van der Waals surface area contributed by atoms with E-state index in [0.717, 1.165) is 0 Å². The maximum absolute atomic E-state index is 14.6. The third-order valence-corrected chi connectivity index (χ3v) is 14.9. The first-order valence-corrected chi connectivity index (χ1v) is 24.7. The van der Waals surface area contributed by atoms with Crippen molar-refractivity contribution in [2.75, 3.05) is 54.6 Å². The topological polar surface area (TPSA) is 293 Å². The second-order valence-electron chi connectivity index (χ2n) is 20.8. The summed E-state index contributed by atoms with van der Waals surface area (Å²) in [6.45, 7) is 15.5. The summed E-state index contributed by atoms with van der Waals surface area (Å²) in [4.78, 5) is 44.4. The Morgan fingerprint density at radius 3 is 2.16 bits per heavy atom. The molecule has 23 nitrogen and oxygen atoms in total. The van der Waals surface area contributed by atoms with Gasteiger partial charge in [0.05, 0.1) is 49.1 Å². The number of aliphatic hydroxyl groups is 6. The van der Waals surface area contributed by atoms with Crippen molar-refractivity contribution in [2.24, 2.45) is 17.8 Å². The van der Waals surface area contributed by atoms with Gasteiger partial charge in [0.1, 0.15) is 42.2 Å². The molecule has 0 aromatic carbocycles. The highest BCUT2D eigenvalue weighted by atomic mass is 16.8. The lowest BCUT2D eigenvalue weighted by Gasteiger charge is -2.49. The van der Waals surface area contributed by atoms with E-state index in [4.69, 9.17) is 52.1 Å². The van der Waals surface area contributed by atoms with Crippen LogP contribution in [-0.2, 0) is 56.9 Å². The largest absolute Gasteiger partial charge is 0.509 e. The van der Waals surface area contributed by atoms with Crippen molar-refractivity contribution in [2.45, 2.75) is 210 Å². The van der Waals surface area contributed by atoms with Crippen LogP contribution in [0.1, 0.15) is 88.0 Å². The van der Waals surface area contributed by atoms with E-state index in [0.29, 0.717) is 13.0 Å². The van der Waals surface area contributed by atoms with E-state index in [1.54, 1.807) is 34.6 Å². The van der Waals surface area contributed by atoms with Crippen LogP contribution in [0.5, 0.6) is 0 Å². The number of carbonyl (C=O) groups is 3. The van der Waals surface area contributed by atoms with E-state index in [1.165, 1.54) is 7.11 Å². The molecule has 2 unspecified atom stereocenters. The minimum atomic E-state index is -1.64. The number of methoxy groups -OCH3 is 1. The predicted molar refractivity (Wildman–Crippen MR) is 245 cm³/mol. The Morgan fingerprint density at radius 2 is 1.53 bits per heavy atom. The number of carbonyl (C=O) groups excluding carboxylic acids is 3. The molecule has 0 saturated carbocycles. The molecule has 0 aromatic heterocycles. The number of cyclic esters (lactones) is 1. The van der Waals surface area contributed by atoms with Crippen LogP contribution in [0.2, 0.25) is 0 Å². The Hall–Kier alpha value is -2.59. The molecule has 0 aliphatic carbocycles. The third-order valence-electron chi connectivity index (χ3n) is 14.9. The number of fused-ring (bicyclic) bond motifs is 1. The van der Waals surface area contributed by atoms with Crippen LogP contribution in [0.4, 0.5) is 9.59 Å². The van der Waals surface area contributed by atoms with Crippen LogP contribution in [0, 0.1) is 17.8 Å². The Bertz CT molecular complexity index is 1700. The first kappa shape index (κ1) is 58.3. The smallest absolute Gasteiger partial charge is 0.458 e. The molecular weight excluding hydrogens is 927 g/mol. The summed E-state index contributed by atoms with van der Waals surface area (Å²) in [6.07, 6.45) is -18.6.